The fourth-order valence-corrected chi connectivity index (χ4v) is 3.48. The normalized spacial score (nSPS) is 20.0. The molecule has 9 heteroatoms. The highest BCUT2D eigenvalue weighted by molar-refractivity contribution is 6.31. The zero-order chi connectivity index (χ0) is 20.6. The molecule has 2 aliphatic heterocycles. The fraction of sp³-hybridized carbons (Fsp3) is 0.250. The van der Waals surface area contributed by atoms with Crippen molar-refractivity contribution < 1.29 is 23.9 Å². The first-order chi connectivity index (χ1) is 13.9. The lowest BCUT2D eigenvalue weighted by Crippen LogP contribution is -2.43. The first-order valence-corrected chi connectivity index (χ1v) is 9.30. The highest BCUT2D eigenvalue weighted by atomic mass is 35.5. The predicted molar refractivity (Wildman–Crippen MR) is 103 cm³/mol. The Balaban J connectivity index is 1.45. The molecule has 1 unspecified atom stereocenters. The number of benzene rings is 2. The summed E-state index contributed by atoms with van der Waals surface area (Å²) in [5.41, 5.74) is -0.0230. The van der Waals surface area contributed by atoms with Gasteiger partial charge in [0.25, 0.3) is 5.91 Å². The molecule has 0 bridgehead atoms. The molecule has 150 valence electrons. The van der Waals surface area contributed by atoms with Crippen molar-refractivity contribution in [2.45, 2.75) is 19.0 Å². The molecule has 2 aliphatic rings. The lowest BCUT2D eigenvalue weighted by atomic mass is 9.91. The average molecular weight is 416 g/mol. The minimum Gasteiger partial charge on any atom is -0.454 e. The van der Waals surface area contributed by atoms with Gasteiger partial charge in [-0.2, -0.15) is 0 Å². The third kappa shape index (κ3) is 3.47. The van der Waals surface area contributed by atoms with Gasteiger partial charge < -0.3 is 20.1 Å². The van der Waals surface area contributed by atoms with Crippen molar-refractivity contribution in [1.29, 1.82) is 0 Å². The highest BCUT2D eigenvalue weighted by Crippen LogP contribution is 2.37. The summed E-state index contributed by atoms with van der Waals surface area (Å²) in [5.74, 6) is 0.0873. The van der Waals surface area contributed by atoms with E-state index in [1.54, 1.807) is 43.3 Å². The fourth-order valence-electron chi connectivity index (χ4n) is 3.28. The minimum atomic E-state index is -1.30. The van der Waals surface area contributed by atoms with Crippen LogP contribution >= 0.6 is 11.6 Å². The number of nitrogens with zero attached hydrogens (tertiary/aromatic N) is 1. The number of ether oxygens (including phenoxy) is 2. The molecular weight excluding hydrogens is 398 g/mol. The van der Waals surface area contributed by atoms with E-state index in [1.807, 2.05) is 6.07 Å². The van der Waals surface area contributed by atoms with Crippen LogP contribution in [0, 0.1) is 0 Å². The topological polar surface area (TPSA) is 97.0 Å². The number of halogens is 1. The molecule has 8 nitrogen and oxygen atoms in total. The van der Waals surface area contributed by atoms with E-state index in [4.69, 9.17) is 21.1 Å². The van der Waals surface area contributed by atoms with Crippen molar-refractivity contribution in [3.05, 3.63) is 58.6 Å². The van der Waals surface area contributed by atoms with E-state index in [2.05, 4.69) is 10.6 Å². The number of urea groups is 1. The summed E-state index contributed by atoms with van der Waals surface area (Å²) in [7, 11) is 0. The molecule has 0 spiro atoms. The summed E-state index contributed by atoms with van der Waals surface area (Å²) < 4.78 is 10.6. The SMILES string of the molecule is CC1(c2ccc3c(c2)OCO3)NC(=O)N(CC(=O)NCc2ccccc2Cl)C1=O. The second kappa shape index (κ2) is 7.29. The van der Waals surface area contributed by atoms with Crippen molar-refractivity contribution >= 4 is 29.4 Å². The van der Waals surface area contributed by atoms with Crippen LogP contribution in [-0.4, -0.2) is 36.1 Å². The van der Waals surface area contributed by atoms with Gasteiger partial charge in [-0.3, -0.25) is 14.5 Å². The molecule has 2 aromatic carbocycles. The Hall–Kier alpha value is -3.26. The van der Waals surface area contributed by atoms with E-state index in [0.717, 1.165) is 10.5 Å². The van der Waals surface area contributed by atoms with Crippen LogP contribution in [0.3, 0.4) is 0 Å². The Morgan fingerprint density at radius 1 is 1.21 bits per heavy atom. The zero-order valence-corrected chi connectivity index (χ0v) is 16.3. The van der Waals surface area contributed by atoms with Gasteiger partial charge in [-0.05, 0) is 36.2 Å². The summed E-state index contributed by atoms with van der Waals surface area (Å²) in [4.78, 5) is 38.6. The number of hydrogen-bond acceptors (Lipinski definition) is 5. The zero-order valence-electron chi connectivity index (χ0n) is 15.5. The number of hydrogen-bond donors (Lipinski definition) is 2. The number of imide groups is 1. The molecule has 2 N–H and O–H groups in total. The monoisotopic (exact) mass is 415 g/mol. The Kier molecular flexibility index (Phi) is 4.79. The van der Waals surface area contributed by atoms with Crippen LogP contribution in [-0.2, 0) is 21.7 Å². The largest absolute Gasteiger partial charge is 0.454 e. The maximum atomic E-state index is 13.0. The van der Waals surface area contributed by atoms with Crippen LogP contribution in [0.4, 0.5) is 4.79 Å². The number of carbonyl (C=O) groups excluding carboxylic acids is 3. The summed E-state index contributed by atoms with van der Waals surface area (Å²) in [6.07, 6.45) is 0. The number of fused-ring (bicyclic) bond motifs is 1. The third-order valence-electron chi connectivity index (χ3n) is 4.96. The Bertz CT molecular complexity index is 1010. The van der Waals surface area contributed by atoms with Crippen LogP contribution in [0.5, 0.6) is 11.5 Å². The van der Waals surface area contributed by atoms with E-state index in [1.165, 1.54) is 0 Å². The minimum absolute atomic E-state index is 0.105. The van der Waals surface area contributed by atoms with Crippen LogP contribution < -0.4 is 20.1 Å². The smallest absolute Gasteiger partial charge is 0.325 e. The maximum absolute atomic E-state index is 13.0. The molecule has 2 heterocycles. The number of amides is 4. The van der Waals surface area contributed by atoms with Gasteiger partial charge in [0.15, 0.2) is 11.5 Å². The van der Waals surface area contributed by atoms with Crippen LogP contribution in [0.2, 0.25) is 5.02 Å². The first-order valence-electron chi connectivity index (χ1n) is 8.93. The summed E-state index contributed by atoms with van der Waals surface area (Å²) >= 11 is 6.07. The van der Waals surface area contributed by atoms with Gasteiger partial charge in [-0.25, -0.2) is 4.79 Å². The average Bonchev–Trinajstić information content (AvgIpc) is 3.26. The van der Waals surface area contributed by atoms with Crippen molar-refractivity contribution in [2.75, 3.05) is 13.3 Å². The molecular formula is C20H18ClN3O5. The Morgan fingerprint density at radius 3 is 2.76 bits per heavy atom. The maximum Gasteiger partial charge on any atom is 0.325 e. The molecule has 4 rings (SSSR count). The molecule has 1 saturated heterocycles. The molecule has 1 fully saturated rings. The molecule has 2 aromatic rings. The van der Waals surface area contributed by atoms with Crippen molar-refractivity contribution in [3.63, 3.8) is 0 Å². The van der Waals surface area contributed by atoms with Crippen LogP contribution in [0.25, 0.3) is 0 Å². The van der Waals surface area contributed by atoms with E-state index in [0.29, 0.717) is 22.1 Å². The molecule has 1 atom stereocenters. The van der Waals surface area contributed by atoms with Crippen molar-refractivity contribution in [2.24, 2.45) is 0 Å². The lowest BCUT2D eigenvalue weighted by Gasteiger charge is -2.22. The number of carbonyl (C=O) groups is 3. The molecule has 29 heavy (non-hydrogen) atoms. The predicted octanol–water partition coefficient (Wildman–Crippen LogP) is 2.15. The number of rotatable bonds is 5. The van der Waals surface area contributed by atoms with Gasteiger partial charge >= 0.3 is 6.03 Å². The molecule has 4 amide bonds. The van der Waals surface area contributed by atoms with E-state index < -0.39 is 29.9 Å². The highest BCUT2D eigenvalue weighted by Gasteiger charge is 2.49. The summed E-state index contributed by atoms with van der Waals surface area (Å²) in [6, 6.07) is 11.5. The first kappa shape index (κ1) is 19.1. The van der Waals surface area contributed by atoms with Crippen molar-refractivity contribution in [3.8, 4) is 11.5 Å². The second-order valence-corrected chi connectivity index (χ2v) is 7.29. The third-order valence-corrected chi connectivity index (χ3v) is 5.33. The van der Waals surface area contributed by atoms with E-state index in [-0.39, 0.29) is 13.3 Å². The van der Waals surface area contributed by atoms with Gasteiger partial charge in [0, 0.05) is 11.6 Å². The summed E-state index contributed by atoms with van der Waals surface area (Å²) in [5, 5.41) is 5.87. The Morgan fingerprint density at radius 2 is 1.97 bits per heavy atom. The van der Waals surface area contributed by atoms with Gasteiger partial charge in [-0.1, -0.05) is 35.9 Å². The molecule has 0 aliphatic carbocycles. The quantitative estimate of drug-likeness (QED) is 0.729. The number of nitrogens with one attached hydrogen (secondary N) is 2. The van der Waals surface area contributed by atoms with Crippen molar-refractivity contribution in [1.82, 2.24) is 15.5 Å². The summed E-state index contributed by atoms with van der Waals surface area (Å²) in [6.45, 7) is 1.50. The van der Waals surface area contributed by atoms with Crippen LogP contribution in [0.1, 0.15) is 18.1 Å². The van der Waals surface area contributed by atoms with E-state index in [9.17, 15) is 14.4 Å². The molecule has 0 saturated carbocycles. The second-order valence-electron chi connectivity index (χ2n) is 6.88. The Labute approximate surface area is 171 Å². The van der Waals surface area contributed by atoms with E-state index >= 15 is 0 Å². The molecule has 0 aromatic heterocycles. The van der Waals surface area contributed by atoms with Gasteiger partial charge in [0.05, 0.1) is 0 Å². The standard InChI is InChI=1S/C20H18ClN3O5/c1-20(13-6-7-15-16(8-13)29-11-28-15)18(26)24(19(27)23-20)10-17(25)22-9-12-4-2-3-5-14(12)21/h2-8H,9-11H2,1H3,(H,22,25)(H,23,27). The lowest BCUT2D eigenvalue weighted by molar-refractivity contribution is -0.134. The van der Waals surface area contributed by atoms with Crippen LogP contribution in [0.15, 0.2) is 42.5 Å². The van der Waals surface area contributed by atoms with Gasteiger partial charge in [-0.15, -0.1) is 0 Å². The van der Waals surface area contributed by atoms with Gasteiger partial charge in [0.2, 0.25) is 12.7 Å². The molecule has 0 radical (unpaired) electrons. The van der Waals surface area contributed by atoms with Gasteiger partial charge in [0.1, 0.15) is 12.1 Å².